The summed E-state index contributed by atoms with van der Waals surface area (Å²) < 4.78 is 10.8. The van der Waals surface area contributed by atoms with Gasteiger partial charge in [0.25, 0.3) is 0 Å². The van der Waals surface area contributed by atoms with E-state index in [1.165, 1.54) is 6.08 Å². The number of rotatable bonds is 6. The average Bonchev–Trinajstić information content (AvgIpc) is 2.67. The minimum absolute atomic E-state index is 0.0841. The molecule has 0 radical (unpaired) electrons. The highest BCUT2D eigenvalue weighted by Gasteiger charge is 2.15. The highest BCUT2D eigenvalue weighted by molar-refractivity contribution is 6.07. The van der Waals surface area contributed by atoms with Gasteiger partial charge in [-0.1, -0.05) is 18.2 Å². The van der Waals surface area contributed by atoms with Gasteiger partial charge in [0.05, 0.1) is 20.3 Å². The molecule has 136 valence electrons. The van der Waals surface area contributed by atoms with Gasteiger partial charge in [0.2, 0.25) is 0 Å². The van der Waals surface area contributed by atoms with Crippen LogP contribution >= 0.6 is 0 Å². The largest absolute Gasteiger partial charge is 0.508 e. The Morgan fingerprint density at radius 3 is 2.77 bits per heavy atom. The van der Waals surface area contributed by atoms with Gasteiger partial charge in [0.1, 0.15) is 11.5 Å². The van der Waals surface area contributed by atoms with Gasteiger partial charge in [-0.3, -0.25) is 9.69 Å². The Balaban J connectivity index is 1.76. The highest BCUT2D eigenvalue weighted by Crippen LogP contribution is 2.23. The first-order chi connectivity index (χ1) is 12.7. The maximum atomic E-state index is 12.5. The second-order valence-corrected chi connectivity index (χ2v) is 6.21. The van der Waals surface area contributed by atoms with Gasteiger partial charge in [0, 0.05) is 30.8 Å². The van der Waals surface area contributed by atoms with Gasteiger partial charge >= 0.3 is 0 Å². The van der Waals surface area contributed by atoms with Gasteiger partial charge in [-0.05, 0) is 42.0 Å². The van der Waals surface area contributed by atoms with Crippen LogP contribution in [-0.4, -0.2) is 49.2 Å². The van der Waals surface area contributed by atoms with E-state index in [0.717, 1.165) is 49.7 Å². The zero-order valence-electron chi connectivity index (χ0n) is 14.9. The van der Waals surface area contributed by atoms with Crippen LogP contribution in [0.1, 0.15) is 21.5 Å². The van der Waals surface area contributed by atoms with Crippen molar-refractivity contribution in [3.63, 3.8) is 0 Å². The molecule has 1 saturated heterocycles. The molecule has 0 saturated carbocycles. The van der Waals surface area contributed by atoms with Crippen LogP contribution in [0, 0.1) is 0 Å². The number of benzene rings is 2. The SMILES string of the molecule is COc1ccc(C(=O)/C=C/c2cccc(O)c2)cc1CN1CCOCC1. The number of carbonyl (C=O) groups excluding carboxylic acids is 1. The number of allylic oxidation sites excluding steroid dienone is 1. The zero-order valence-corrected chi connectivity index (χ0v) is 14.9. The predicted octanol–water partition coefficient (Wildman–Crippen LogP) is 3.13. The smallest absolute Gasteiger partial charge is 0.185 e. The lowest BCUT2D eigenvalue weighted by molar-refractivity contribution is 0.0338. The normalized spacial score (nSPS) is 15.3. The maximum absolute atomic E-state index is 12.5. The zero-order chi connectivity index (χ0) is 18.4. The lowest BCUT2D eigenvalue weighted by Crippen LogP contribution is -2.35. The predicted molar refractivity (Wildman–Crippen MR) is 101 cm³/mol. The molecule has 0 aromatic heterocycles. The number of morpholine rings is 1. The standard InChI is InChI=1S/C21H23NO4/c1-25-21-8-6-17(14-18(21)15-22-9-11-26-12-10-22)20(24)7-5-16-3-2-4-19(23)13-16/h2-8,13-14,23H,9-12,15H2,1H3/b7-5+. The van der Waals surface area contributed by atoms with E-state index in [0.29, 0.717) is 5.56 Å². The van der Waals surface area contributed by atoms with Gasteiger partial charge in [-0.15, -0.1) is 0 Å². The Morgan fingerprint density at radius 1 is 1.23 bits per heavy atom. The minimum atomic E-state index is -0.0841. The molecule has 1 aliphatic heterocycles. The van der Waals surface area contributed by atoms with Crippen molar-refractivity contribution < 1.29 is 19.4 Å². The summed E-state index contributed by atoms with van der Waals surface area (Å²) in [6.45, 7) is 3.93. The monoisotopic (exact) mass is 353 g/mol. The first-order valence-corrected chi connectivity index (χ1v) is 8.64. The molecule has 5 nitrogen and oxygen atoms in total. The third kappa shape index (κ3) is 4.71. The summed E-state index contributed by atoms with van der Waals surface area (Å²) in [5.41, 5.74) is 2.39. The van der Waals surface area contributed by atoms with Crippen LogP contribution in [0.5, 0.6) is 11.5 Å². The summed E-state index contributed by atoms with van der Waals surface area (Å²) in [6.07, 6.45) is 3.23. The van der Waals surface area contributed by atoms with Gasteiger partial charge < -0.3 is 14.6 Å². The van der Waals surface area contributed by atoms with E-state index in [1.54, 1.807) is 37.5 Å². The molecule has 0 amide bonds. The Hall–Kier alpha value is -2.63. The Kier molecular flexibility index (Phi) is 6.04. The van der Waals surface area contributed by atoms with Crippen molar-refractivity contribution in [3.8, 4) is 11.5 Å². The fourth-order valence-electron chi connectivity index (χ4n) is 2.95. The Bertz CT molecular complexity index is 794. The molecule has 26 heavy (non-hydrogen) atoms. The summed E-state index contributed by atoms with van der Waals surface area (Å²) in [5, 5.41) is 9.50. The molecule has 1 heterocycles. The highest BCUT2D eigenvalue weighted by atomic mass is 16.5. The Morgan fingerprint density at radius 2 is 2.04 bits per heavy atom. The van der Waals surface area contributed by atoms with Gasteiger partial charge in [0.15, 0.2) is 5.78 Å². The van der Waals surface area contributed by atoms with Crippen molar-refractivity contribution in [2.24, 2.45) is 0 Å². The fourth-order valence-corrected chi connectivity index (χ4v) is 2.95. The second kappa shape index (κ2) is 8.65. The summed E-state index contributed by atoms with van der Waals surface area (Å²) in [5.74, 6) is 0.876. The lowest BCUT2D eigenvalue weighted by atomic mass is 10.0. The molecule has 3 rings (SSSR count). The Labute approximate surface area is 153 Å². The summed E-state index contributed by atoms with van der Waals surface area (Å²) >= 11 is 0. The number of methoxy groups -OCH3 is 1. The van der Waals surface area contributed by atoms with E-state index < -0.39 is 0 Å². The lowest BCUT2D eigenvalue weighted by Gasteiger charge is -2.27. The number of phenols is 1. The van der Waals surface area contributed by atoms with Crippen LogP contribution in [0.15, 0.2) is 48.5 Å². The second-order valence-electron chi connectivity index (χ2n) is 6.21. The third-order valence-corrected chi connectivity index (χ3v) is 4.36. The quantitative estimate of drug-likeness (QED) is 0.639. The molecule has 2 aromatic carbocycles. The summed E-state index contributed by atoms with van der Waals surface area (Å²) in [6, 6.07) is 12.3. The van der Waals surface area contributed by atoms with Gasteiger partial charge in [-0.25, -0.2) is 0 Å². The topological polar surface area (TPSA) is 59.0 Å². The minimum Gasteiger partial charge on any atom is -0.508 e. The van der Waals surface area contributed by atoms with Crippen LogP contribution in [0.3, 0.4) is 0 Å². The molecule has 0 atom stereocenters. The number of carbonyl (C=O) groups is 1. The van der Waals surface area contributed by atoms with Crippen LogP contribution in [0.4, 0.5) is 0 Å². The number of hydrogen-bond acceptors (Lipinski definition) is 5. The van der Waals surface area contributed by atoms with Crippen LogP contribution in [-0.2, 0) is 11.3 Å². The molecule has 0 unspecified atom stereocenters. The van der Waals surface area contributed by atoms with Crippen molar-refractivity contribution in [3.05, 3.63) is 65.2 Å². The van der Waals surface area contributed by atoms with Gasteiger partial charge in [-0.2, -0.15) is 0 Å². The molecule has 0 bridgehead atoms. The number of ether oxygens (including phenoxy) is 2. The molecular weight excluding hydrogens is 330 g/mol. The van der Waals surface area contributed by atoms with Crippen molar-refractivity contribution in [1.82, 2.24) is 4.90 Å². The first kappa shape index (κ1) is 18.2. The van der Waals surface area contributed by atoms with Crippen LogP contribution in [0.2, 0.25) is 0 Å². The van der Waals surface area contributed by atoms with Crippen molar-refractivity contribution in [1.29, 1.82) is 0 Å². The molecule has 2 aromatic rings. The van der Waals surface area contributed by atoms with Crippen LogP contribution in [0.25, 0.3) is 6.08 Å². The molecule has 0 aliphatic carbocycles. The number of ketones is 1. The maximum Gasteiger partial charge on any atom is 0.185 e. The average molecular weight is 353 g/mol. The summed E-state index contributed by atoms with van der Waals surface area (Å²) in [4.78, 5) is 14.8. The van der Waals surface area contributed by atoms with Crippen LogP contribution < -0.4 is 4.74 Å². The van der Waals surface area contributed by atoms with E-state index in [9.17, 15) is 9.90 Å². The first-order valence-electron chi connectivity index (χ1n) is 8.64. The number of nitrogens with zero attached hydrogens (tertiary/aromatic N) is 1. The number of aromatic hydroxyl groups is 1. The fraction of sp³-hybridized carbons (Fsp3) is 0.286. The van der Waals surface area contributed by atoms with Crippen molar-refractivity contribution in [2.45, 2.75) is 6.54 Å². The molecule has 1 N–H and O–H groups in total. The van der Waals surface area contributed by atoms with E-state index in [2.05, 4.69) is 4.90 Å². The van der Waals surface area contributed by atoms with Crippen molar-refractivity contribution in [2.75, 3.05) is 33.4 Å². The molecule has 1 aliphatic rings. The van der Waals surface area contributed by atoms with Crippen molar-refractivity contribution >= 4 is 11.9 Å². The van der Waals surface area contributed by atoms with E-state index in [4.69, 9.17) is 9.47 Å². The molecule has 0 spiro atoms. The molecular formula is C21H23NO4. The van der Waals surface area contributed by atoms with E-state index in [-0.39, 0.29) is 11.5 Å². The molecule has 1 fully saturated rings. The number of phenolic OH excluding ortho intramolecular Hbond substituents is 1. The van der Waals surface area contributed by atoms with E-state index in [1.807, 2.05) is 18.2 Å². The third-order valence-electron chi connectivity index (χ3n) is 4.36. The van der Waals surface area contributed by atoms with E-state index >= 15 is 0 Å². The summed E-state index contributed by atoms with van der Waals surface area (Å²) in [7, 11) is 1.64. The number of hydrogen-bond donors (Lipinski definition) is 1. The molecule has 5 heteroatoms.